The van der Waals surface area contributed by atoms with Gasteiger partial charge in [-0.25, -0.2) is 0 Å². The van der Waals surface area contributed by atoms with Gasteiger partial charge in [0.2, 0.25) is 0 Å². The summed E-state index contributed by atoms with van der Waals surface area (Å²) in [7, 11) is 0. The molecule has 0 radical (unpaired) electrons. The lowest BCUT2D eigenvalue weighted by atomic mass is 10.1. The molecule has 6 heteroatoms. The average molecular weight is 322 g/mol. The zero-order valence-electron chi connectivity index (χ0n) is 12.2. The molecule has 0 aliphatic carbocycles. The smallest absolute Gasteiger partial charge is 0.257 e. The van der Waals surface area contributed by atoms with E-state index < -0.39 is 0 Å². The van der Waals surface area contributed by atoms with E-state index in [2.05, 4.69) is 24.0 Å². The number of hydrogen-bond donors (Lipinski definition) is 1. The van der Waals surface area contributed by atoms with Crippen LogP contribution in [0.3, 0.4) is 0 Å². The molecule has 1 saturated heterocycles. The fourth-order valence-corrected chi connectivity index (χ4v) is 5.02. The number of aromatic hydroxyl groups is 1. The highest BCUT2D eigenvalue weighted by Gasteiger charge is 2.30. The molecule has 1 aromatic carbocycles. The summed E-state index contributed by atoms with van der Waals surface area (Å²) in [6.07, 6.45) is 0. The van der Waals surface area contributed by atoms with Crippen LogP contribution in [0.2, 0.25) is 0 Å². The van der Waals surface area contributed by atoms with Gasteiger partial charge in [0.25, 0.3) is 5.89 Å². The molecular formula is C15H18N2O2S2. The van der Waals surface area contributed by atoms with Crippen molar-refractivity contribution in [3.63, 3.8) is 0 Å². The fourth-order valence-electron chi connectivity index (χ4n) is 2.19. The molecule has 1 aromatic heterocycles. The molecule has 3 atom stereocenters. The molecule has 21 heavy (non-hydrogen) atoms. The lowest BCUT2D eigenvalue weighted by Gasteiger charge is -2.29. The second-order valence-corrected chi connectivity index (χ2v) is 8.32. The Bertz CT molecular complexity index is 644. The van der Waals surface area contributed by atoms with Crippen molar-refractivity contribution in [2.45, 2.75) is 36.5 Å². The number of nitrogens with zero attached hydrogens (tertiary/aromatic N) is 2. The van der Waals surface area contributed by atoms with Gasteiger partial charge in [-0.05, 0) is 30.7 Å². The maximum atomic E-state index is 9.58. The van der Waals surface area contributed by atoms with Gasteiger partial charge < -0.3 is 9.63 Å². The van der Waals surface area contributed by atoms with Gasteiger partial charge in [-0.3, -0.25) is 0 Å². The summed E-state index contributed by atoms with van der Waals surface area (Å²) in [5, 5.41) is 15.3. The summed E-state index contributed by atoms with van der Waals surface area (Å²) in [6.45, 7) is 6.37. The molecule has 2 aromatic rings. The maximum absolute atomic E-state index is 9.58. The number of aryl methyl sites for hydroxylation is 1. The van der Waals surface area contributed by atoms with E-state index in [4.69, 9.17) is 4.52 Å². The largest absolute Gasteiger partial charge is 0.508 e. The van der Waals surface area contributed by atoms with E-state index >= 15 is 0 Å². The lowest BCUT2D eigenvalue weighted by molar-refractivity contribution is 0.422. The summed E-state index contributed by atoms with van der Waals surface area (Å²) < 4.78 is 5.40. The van der Waals surface area contributed by atoms with Crippen LogP contribution < -0.4 is 0 Å². The van der Waals surface area contributed by atoms with Gasteiger partial charge in [0, 0.05) is 21.8 Å². The minimum atomic E-state index is 0.278. The van der Waals surface area contributed by atoms with Crippen molar-refractivity contribution >= 4 is 23.5 Å². The predicted octanol–water partition coefficient (Wildman–Crippen LogP) is 4.05. The average Bonchev–Trinajstić information content (AvgIpc) is 2.94. The summed E-state index contributed by atoms with van der Waals surface area (Å²) >= 11 is 3.88. The van der Waals surface area contributed by atoms with Gasteiger partial charge in [-0.15, -0.1) is 11.8 Å². The highest BCUT2D eigenvalue weighted by atomic mass is 32.2. The van der Waals surface area contributed by atoms with E-state index in [1.807, 2.05) is 36.5 Å². The molecule has 1 N–H and O–H groups in total. The van der Waals surface area contributed by atoms with Crippen LogP contribution in [0.25, 0.3) is 11.5 Å². The first kappa shape index (κ1) is 14.8. The third-order valence-electron chi connectivity index (χ3n) is 3.72. The SMILES string of the molecule is Cc1cc(-c2nc(C3CSC(C)C(C)S3)no2)ccc1O. The number of aromatic nitrogens is 2. The molecule has 2 heterocycles. The first-order valence-corrected chi connectivity index (χ1v) is 8.94. The molecule has 4 nitrogen and oxygen atoms in total. The van der Waals surface area contributed by atoms with Gasteiger partial charge in [0.05, 0.1) is 5.25 Å². The van der Waals surface area contributed by atoms with Gasteiger partial charge in [0.15, 0.2) is 5.82 Å². The van der Waals surface area contributed by atoms with E-state index in [9.17, 15) is 5.11 Å². The first-order chi connectivity index (χ1) is 10.0. The Labute approximate surface area is 132 Å². The van der Waals surface area contributed by atoms with Crippen molar-refractivity contribution in [1.82, 2.24) is 10.1 Å². The second kappa shape index (κ2) is 5.93. The molecule has 0 bridgehead atoms. The second-order valence-electron chi connectivity index (χ2n) is 5.33. The van der Waals surface area contributed by atoms with E-state index in [1.165, 1.54) is 0 Å². The van der Waals surface area contributed by atoms with Crippen LogP contribution in [0, 0.1) is 6.92 Å². The molecular weight excluding hydrogens is 304 g/mol. The monoisotopic (exact) mass is 322 g/mol. The van der Waals surface area contributed by atoms with Crippen LogP contribution in [0.4, 0.5) is 0 Å². The first-order valence-electron chi connectivity index (χ1n) is 6.95. The molecule has 3 rings (SSSR count). The number of phenolic OH excluding ortho intramolecular Hbond substituents is 1. The van der Waals surface area contributed by atoms with Crippen LogP contribution in [-0.2, 0) is 0 Å². The topological polar surface area (TPSA) is 59.2 Å². The van der Waals surface area contributed by atoms with Crippen molar-refractivity contribution in [3.8, 4) is 17.2 Å². The molecule has 112 valence electrons. The standard InChI is InChI=1S/C15H18N2O2S2/c1-8-6-11(4-5-12(8)18)15-16-14(17-19-15)13-7-20-9(2)10(3)21-13/h4-6,9-10,13,18H,7H2,1-3H3. The molecule has 1 aliphatic heterocycles. The zero-order valence-corrected chi connectivity index (χ0v) is 13.9. The van der Waals surface area contributed by atoms with Crippen LogP contribution >= 0.6 is 23.5 Å². The fraction of sp³-hybridized carbons (Fsp3) is 0.467. The highest BCUT2D eigenvalue weighted by Crippen LogP contribution is 2.43. The maximum Gasteiger partial charge on any atom is 0.257 e. The van der Waals surface area contributed by atoms with Gasteiger partial charge >= 0.3 is 0 Å². The number of hydrogen-bond acceptors (Lipinski definition) is 6. The molecule has 1 fully saturated rings. The number of rotatable bonds is 2. The van der Waals surface area contributed by atoms with Crippen molar-refractivity contribution in [1.29, 1.82) is 0 Å². The minimum absolute atomic E-state index is 0.278. The lowest BCUT2D eigenvalue weighted by Crippen LogP contribution is -2.22. The van der Waals surface area contributed by atoms with Crippen molar-refractivity contribution in [3.05, 3.63) is 29.6 Å². The Morgan fingerprint density at radius 3 is 2.81 bits per heavy atom. The van der Waals surface area contributed by atoms with E-state index in [-0.39, 0.29) is 11.0 Å². The normalized spacial score (nSPS) is 26.0. The van der Waals surface area contributed by atoms with E-state index in [0.717, 1.165) is 22.7 Å². The van der Waals surface area contributed by atoms with Crippen LogP contribution in [0.1, 0.15) is 30.5 Å². The Balaban J connectivity index is 1.81. The summed E-state index contributed by atoms with van der Waals surface area (Å²) in [6, 6.07) is 5.32. The molecule has 0 spiro atoms. The Kier molecular flexibility index (Phi) is 4.17. The van der Waals surface area contributed by atoms with E-state index in [1.54, 1.807) is 12.1 Å². The molecule has 3 unspecified atom stereocenters. The number of phenols is 1. The van der Waals surface area contributed by atoms with Crippen molar-refractivity contribution in [2.75, 3.05) is 5.75 Å². The van der Waals surface area contributed by atoms with Crippen LogP contribution in [-0.4, -0.2) is 31.5 Å². The predicted molar refractivity (Wildman–Crippen MR) is 87.8 cm³/mol. The molecule has 0 saturated carbocycles. The Hall–Kier alpha value is -1.14. The Morgan fingerprint density at radius 2 is 2.10 bits per heavy atom. The van der Waals surface area contributed by atoms with E-state index in [0.29, 0.717) is 16.4 Å². The van der Waals surface area contributed by atoms with Crippen molar-refractivity contribution < 1.29 is 9.63 Å². The van der Waals surface area contributed by atoms with Crippen LogP contribution in [0.15, 0.2) is 22.7 Å². The third-order valence-corrected chi connectivity index (χ3v) is 7.11. The molecule has 0 amide bonds. The Morgan fingerprint density at radius 1 is 1.29 bits per heavy atom. The quantitative estimate of drug-likeness (QED) is 0.900. The number of benzene rings is 1. The van der Waals surface area contributed by atoms with Crippen molar-refractivity contribution in [2.24, 2.45) is 0 Å². The third kappa shape index (κ3) is 3.06. The van der Waals surface area contributed by atoms with Crippen LogP contribution in [0.5, 0.6) is 5.75 Å². The van der Waals surface area contributed by atoms with Gasteiger partial charge in [0.1, 0.15) is 5.75 Å². The number of thioether (sulfide) groups is 2. The summed E-state index contributed by atoms with van der Waals surface area (Å²) in [5.74, 6) is 2.58. The van der Waals surface area contributed by atoms with Gasteiger partial charge in [-0.2, -0.15) is 16.7 Å². The molecule has 1 aliphatic rings. The summed E-state index contributed by atoms with van der Waals surface area (Å²) in [4.78, 5) is 4.54. The highest BCUT2D eigenvalue weighted by molar-refractivity contribution is 8.07. The summed E-state index contributed by atoms with van der Waals surface area (Å²) in [5.41, 5.74) is 1.65. The minimum Gasteiger partial charge on any atom is -0.508 e. The van der Waals surface area contributed by atoms with Gasteiger partial charge in [-0.1, -0.05) is 19.0 Å². The zero-order chi connectivity index (χ0) is 15.0.